The zero-order chi connectivity index (χ0) is 19.3. The van der Waals surface area contributed by atoms with Crippen molar-refractivity contribution in [1.29, 1.82) is 0 Å². The first kappa shape index (κ1) is 19.4. The summed E-state index contributed by atoms with van der Waals surface area (Å²) < 4.78 is 24.3. The standard InChI is InChI=1S/C21H26N2O3S/c1-2-3-8-15-27(25,26)16-21(24)22-18-10-5-7-12-20(18)23-14-13-17-9-4-6-11-19(17)23/h4-7,9-12H,2-3,8,13-16H2,1H3,(H,22,24). The molecule has 5 nitrogen and oxygen atoms in total. The Morgan fingerprint density at radius 1 is 1.04 bits per heavy atom. The zero-order valence-electron chi connectivity index (χ0n) is 15.6. The molecular weight excluding hydrogens is 360 g/mol. The first-order valence-corrected chi connectivity index (χ1v) is 11.3. The first-order valence-electron chi connectivity index (χ1n) is 9.45. The van der Waals surface area contributed by atoms with Crippen molar-refractivity contribution in [2.24, 2.45) is 0 Å². The SMILES string of the molecule is CCCCCS(=O)(=O)CC(=O)Nc1ccccc1N1CCc2ccccc21. The molecule has 1 aliphatic rings. The summed E-state index contributed by atoms with van der Waals surface area (Å²) in [4.78, 5) is 14.5. The topological polar surface area (TPSA) is 66.5 Å². The minimum atomic E-state index is -3.38. The van der Waals surface area contributed by atoms with Crippen molar-refractivity contribution in [2.45, 2.75) is 32.6 Å². The van der Waals surface area contributed by atoms with E-state index in [1.54, 1.807) is 0 Å². The maximum atomic E-state index is 12.4. The predicted molar refractivity (Wildman–Crippen MR) is 110 cm³/mol. The average molecular weight is 387 g/mol. The number of hydrogen-bond donors (Lipinski definition) is 1. The Bertz CT molecular complexity index is 909. The van der Waals surface area contributed by atoms with Crippen molar-refractivity contribution in [1.82, 2.24) is 0 Å². The number of nitrogens with zero attached hydrogens (tertiary/aromatic N) is 1. The summed E-state index contributed by atoms with van der Waals surface area (Å²) in [6, 6.07) is 15.7. The van der Waals surface area contributed by atoms with Gasteiger partial charge in [0.2, 0.25) is 5.91 Å². The van der Waals surface area contributed by atoms with E-state index in [2.05, 4.69) is 22.3 Å². The van der Waals surface area contributed by atoms with Gasteiger partial charge in [0.1, 0.15) is 5.75 Å². The number of anilines is 3. The van der Waals surface area contributed by atoms with Crippen molar-refractivity contribution < 1.29 is 13.2 Å². The quantitative estimate of drug-likeness (QED) is 0.698. The highest BCUT2D eigenvalue weighted by Gasteiger charge is 2.23. The highest BCUT2D eigenvalue weighted by molar-refractivity contribution is 7.92. The van der Waals surface area contributed by atoms with Gasteiger partial charge in [-0.1, -0.05) is 50.1 Å². The number of fused-ring (bicyclic) bond motifs is 1. The number of hydrogen-bond acceptors (Lipinski definition) is 4. The molecule has 0 aromatic heterocycles. The van der Waals surface area contributed by atoms with Crippen LogP contribution in [0.2, 0.25) is 0 Å². The molecule has 6 heteroatoms. The number of rotatable bonds is 8. The minimum Gasteiger partial charge on any atom is -0.339 e. The molecule has 27 heavy (non-hydrogen) atoms. The van der Waals surface area contributed by atoms with Crippen molar-refractivity contribution in [3.8, 4) is 0 Å². The number of carbonyl (C=O) groups is 1. The van der Waals surface area contributed by atoms with Crippen molar-refractivity contribution in [3.63, 3.8) is 0 Å². The summed E-state index contributed by atoms with van der Waals surface area (Å²) in [5, 5.41) is 2.80. The molecule has 0 radical (unpaired) electrons. The molecule has 0 bridgehead atoms. The molecule has 144 valence electrons. The van der Waals surface area contributed by atoms with E-state index in [1.165, 1.54) is 5.56 Å². The third kappa shape index (κ3) is 4.89. The molecule has 0 spiro atoms. The largest absolute Gasteiger partial charge is 0.339 e. The maximum Gasteiger partial charge on any atom is 0.239 e. The molecule has 3 rings (SSSR count). The highest BCUT2D eigenvalue weighted by atomic mass is 32.2. The Hall–Kier alpha value is -2.34. The summed E-state index contributed by atoms with van der Waals surface area (Å²) in [5.74, 6) is -0.886. The highest BCUT2D eigenvalue weighted by Crippen LogP contribution is 2.38. The fraction of sp³-hybridized carbons (Fsp3) is 0.381. The number of sulfone groups is 1. The molecule has 0 saturated heterocycles. The van der Waals surface area contributed by atoms with Crippen LogP contribution in [0.3, 0.4) is 0 Å². The molecule has 0 atom stereocenters. The van der Waals surface area contributed by atoms with Gasteiger partial charge in [0.25, 0.3) is 0 Å². The molecule has 1 heterocycles. The molecule has 1 amide bonds. The van der Waals surface area contributed by atoms with Crippen LogP contribution in [0.5, 0.6) is 0 Å². The smallest absolute Gasteiger partial charge is 0.239 e. The lowest BCUT2D eigenvalue weighted by molar-refractivity contribution is -0.113. The van der Waals surface area contributed by atoms with Gasteiger partial charge in [-0.2, -0.15) is 0 Å². The molecule has 2 aromatic rings. The fourth-order valence-corrected chi connectivity index (χ4v) is 4.69. The summed E-state index contributed by atoms with van der Waals surface area (Å²) in [6.07, 6.45) is 3.36. The number of carbonyl (C=O) groups excluding carboxylic acids is 1. The fourth-order valence-electron chi connectivity index (χ4n) is 3.43. The van der Waals surface area contributed by atoms with Crippen LogP contribution in [0.4, 0.5) is 17.1 Å². The number of benzene rings is 2. The van der Waals surface area contributed by atoms with E-state index in [9.17, 15) is 13.2 Å². The molecule has 0 unspecified atom stereocenters. The lowest BCUT2D eigenvalue weighted by Gasteiger charge is -2.23. The van der Waals surface area contributed by atoms with Gasteiger partial charge in [-0.15, -0.1) is 0 Å². The molecule has 0 saturated carbocycles. The predicted octanol–water partition coefficient (Wildman–Crippen LogP) is 3.92. The number of unbranched alkanes of at least 4 members (excludes halogenated alkanes) is 2. The van der Waals surface area contributed by atoms with Gasteiger partial charge in [0.05, 0.1) is 17.1 Å². The van der Waals surface area contributed by atoms with Crippen molar-refractivity contribution in [2.75, 3.05) is 28.3 Å². The van der Waals surface area contributed by atoms with Gasteiger partial charge in [0, 0.05) is 12.2 Å². The summed E-state index contributed by atoms with van der Waals surface area (Å²) in [7, 11) is -3.38. The Kier molecular flexibility index (Phi) is 6.16. The van der Waals surface area contributed by atoms with Gasteiger partial charge >= 0.3 is 0 Å². The van der Waals surface area contributed by atoms with E-state index < -0.39 is 21.5 Å². The number of nitrogens with one attached hydrogen (secondary N) is 1. The van der Waals surface area contributed by atoms with Gasteiger partial charge in [-0.25, -0.2) is 8.42 Å². The Labute approximate surface area is 161 Å². The zero-order valence-corrected chi connectivity index (χ0v) is 16.5. The number of amides is 1. The average Bonchev–Trinajstić information content (AvgIpc) is 3.06. The second-order valence-corrected chi connectivity index (χ2v) is 9.08. The molecule has 0 fully saturated rings. The second kappa shape index (κ2) is 8.57. The van der Waals surface area contributed by atoms with Crippen LogP contribution in [-0.2, 0) is 21.1 Å². The van der Waals surface area contributed by atoms with Crippen molar-refractivity contribution >= 4 is 32.8 Å². The van der Waals surface area contributed by atoms with E-state index in [0.717, 1.165) is 37.2 Å². The second-order valence-electron chi connectivity index (χ2n) is 6.89. The van der Waals surface area contributed by atoms with E-state index in [0.29, 0.717) is 12.1 Å². The number of para-hydroxylation sites is 3. The van der Waals surface area contributed by atoms with E-state index >= 15 is 0 Å². The van der Waals surface area contributed by atoms with E-state index in [-0.39, 0.29) is 5.75 Å². The first-order chi connectivity index (χ1) is 13.0. The lowest BCUT2D eigenvalue weighted by Crippen LogP contribution is -2.26. The summed E-state index contributed by atoms with van der Waals surface area (Å²) in [6.45, 7) is 2.86. The lowest BCUT2D eigenvalue weighted by atomic mass is 10.2. The third-order valence-electron chi connectivity index (χ3n) is 4.77. The molecular formula is C21H26N2O3S. The van der Waals surface area contributed by atoms with Gasteiger partial charge in [0.15, 0.2) is 9.84 Å². The third-order valence-corrected chi connectivity index (χ3v) is 6.38. The monoisotopic (exact) mass is 386 g/mol. The Morgan fingerprint density at radius 3 is 2.52 bits per heavy atom. The summed E-state index contributed by atoms with van der Waals surface area (Å²) >= 11 is 0. The molecule has 1 N–H and O–H groups in total. The van der Waals surface area contributed by atoms with E-state index in [4.69, 9.17) is 0 Å². The van der Waals surface area contributed by atoms with Crippen LogP contribution in [0.1, 0.15) is 31.7 Å². The Balaban J connectivity index is 1.73. The molecule has 1 aliphatic heterocycles. The van der Waals surface area contributed by atoms with Gasteiger partial charge < -0.3 is 10.2 Å². The van der Waals surface area contributed by atoms with E-state index in [1.807, 2.05) is 43.3 Å². The van der Waals surface area contributed by atoms with Gasteiger partial charge in [-0.3, -0.25) is 4.79 Å². The van der Waals surface area contributed by atoms with Crippen LogP contribution >= 0.6 is 0 Å². The van der Waals surface area contributed by atoms with Crippen LogP contribution in [0, 0.1) is 0 Å². The minimum absolute atomic E-state index is 0.0649. The van der Waals surface area contributed by atoms with Gasteiger partial charge in [-0.05, 0) is 36.6 Å². The Morgan fingerprint density at radius 2 is 1.74 bits per heavy atom. The van der Waals surface area contributed by atoms with Crippen LogP contribution < -0.4 is 10.2 Å². The molecule has 0 aliphatic carbocycles. The maximum absolute atomic E-state index is 12.4. The van der Waals surface area contributed by atoms with Crippen LogP contribution in [0.25, 0.3) is 0 Å². The summed E-state index contributed by atoms with van der Waals surface area (Å²) in [5.41, 5.74) is 3.94. The molecule has 2 aromatic carbocycles. The van der Waals surface area contributed by atoms with Crippen LogP contribution in [0.15, 0.2) is 48.5 Å². The van der Waals surface area contributed by atoms with Crippen molar-refractivity contribution in [3.05, 3.63) is 54.1 Å². The normalized spacial score (nSPS) is 13.4. The van der Waals surface area contributed by atoms with Crippen LogP contribution in [-0.4, -0.2) is 32.4 Å².